The third-order valence-electron chi connectivity index (χ3n) is 3.75. The van der Waals surface area contributed by atoms with E-state index in [1.165, 1.54) is 0 Å². The molecule has 0 bridgehead atoms. The van der Waals surface area contributed by atoms with Gasteiger partial charge in [-0.15, -0.1) is 0 Å². The molecule has 0 atom stereocenters. The first-order valence-corrected chi connectivity index (χ1v) is 6.41. The van der Waals surface area contributed by atoms with E-state index < -0.39 is 5.97 Å². The van der Waals surface area contributed by atoms with Crippen molar-refractivity contribution in [2.45, 2.75) is 0 Å². The fourth-order valence-corrected chi connectivity index (χ4v) is 2.88. The lowest BCUT2D eigenvalue weighted by molar-refractivity contribution is 0.0691. The molecule has 0 spiro atoms. The maximum Gasteiger partial charge on any atom is 0.352 e. The summed E-state index contributed by atoms with van der Waals surface area (Å²) in [6.45, 7) is 0. The standard InChI is InChI=1S/C17H11NO2/c19-17(20)15-9-14-12-7-2-1-5-10(12)11-6-3-4-8-13(11)16(14)18-15/h1-9,18H,(H,19,20). The Balaban J connectivity index is 2.35. The van der Waals surface area contributed by atoms with Gasteiger partial charge in [-0.25, -0.2) is 4.79 Å². The molecule has 0 aliphatic rings. The highest BCUT2D eigenvalue weighted by atomic mass is 16.4. The first-order chi connectivity index (χ1) is 9.75. The average molecular weight is 261 g/mol. The number of aromatic amines is 1. The van der Waals surface area contributed by atoms with Crippen molar-refractivity contribution in [2.24, 2.45) is 0 Å². The van der Waals surface area contributed by atoms with Crippen LogP contribution in [-0.2, 0) is 0 Å². The van der Waals surface area contributed by atoms with E-state index in [0.717, 1.165) is 32.4 Å². The highest BCUT2D eigenvalue weighted by Crippen LogP contribution is 2.34. The molecule has 20 heavy (non-hydrogen) atoms. The maximum atomic E-state index is 11.2. The molecule has 0 radical (unpaired) electrons. The number of fused-ring (bicyclic) bond motifs is 6. The number of H-pyrrole nitrogens is 1. The van der Waals surface area contributed by atoms with Crippen molar-refractivity contribution in [3.63, 3.8) is 0 Å². The van der Waals surface area contributed by atoms with Crippen LogP contribution in [0.3, 0.4) is 0 Å². The van der Waals surface area contributed by atoms with E-state index in [1.54, 1.807) is 6.07 Å². The molecule has 96 valence electrons. The van der Waals surface area contributed by atoms with Crippen LogP contribution in [-0.4, -0.2) is 16.1 Å². The zero-order valence-corrected chi connectivity index (χ0v) is 10.6. The van der Waals surface area contributed by atoms with Gasteiger partial charge in [0.2, 0.25) is 0 Å². The number of aromatic carboxylic acids is 1. The largest absolute Gasteiger partial charge is 0.477 e. The summed E-state index contributed by atoms with van der Waals surface area (Å²) in [6, 6.07) is 17.9. The fraction of sp³-hybridized carbons (Fsp3) is 0. The second-order valence-corrected chi connectivity index (χ2v) is 4.87. The predicted octanol–water partition coefficient (Wildman–Crippen LogP) is 4.17. The number of carboxylic acid groups (broad SMARTS) is 1. The molecular weight excluding hydrogens is 250 g/mol. The maximum absolute atomic E-state index is 11.2. The van der Waals surface area contributed by atoms with Crippen molar-refractivity contribution in [1.82, 2.24) is 4.98 Å². The van der Waals surface area contributed by atoms with Crippen LogP contribution in [0, 0.1) is 0 Å². The smallest absolute Gasteiger partial charge is 0.352 e. The van der Waals surface area contributed by atoms with Crippen LogP contribution in [0.5, 0.6) is 0 Å². The van der Waals surface area contributed by atoms with Gasteiger partial charge >= 0.3 is 5.97 Å². The number of rotatable bonds is 1. The normalized spacial score (nSPS) is 11.4. The first kappa shape index (κ1) is 11.1. The van der Waals surface area contributed by atoms with E-state index in [-0.39, 0.29) is 5.69 Å². The van der Waals surface area contributed by atoms with E-state index >= 15 is 0 Å². The van der Waals surface area contributed by atoms with Gasteiger partial charge in [-0.1, -0.05) is 48.5 Å². The van der Waals surface area contributed by atoms with Gasteiger partial charge in [0.25, 0.3) is 0 Å². The molecule has 3 heteroatoms. The molecule has 0 amide bonds. The summed E-state index contributed by atoms with van der Waals surface area (Å²) >= 11 is 0. The van der Waals surface area contributed by atoms with Crippen LogP contribution < -0.4 is 0 Å². The molecule has 0 fully saturated rings. The Hall–Kier alpha value is -2.81. The Morgan fingerprint density at radius 3 is 1.90 bits per heavy atom. The van der Waals surface area contributed by atoms with E-state index in [1.807, 2.05) is 36.4 Å². The number of carboxylic acids is 1. The van der Waals surface area contributed by atoms with Gasteiger partial charge in [0.05, 0.1) is 5.52 Å². The van der Waals surface area contributed by atoms with Crippen LogP contribution in [0.2, 0.25) is 0 Å². The summed E-state index contributed by atoms with van der Waals surface area (Å²) in [7, 11) is 0. The van der Waals surface area contributed by atoms with E-state index in [0.29, 0.717) is 0 Å². The van der Waals surface area contributed by atoms with Gasteiger partial charge in [0, 0.05) is 10.8 Å². The second-order valence-electron chi connectivity index (χ2n) is 4.87. The lowest BCUT2D eigenvalue weighted by Gasteiger charge is -2.06. The molecule has 4 rings (SSSR count). The zero-order valence-electron chi connectivity index (χ0n) is 10.6. The topological polar surface area (TPSA) is 53.1 Å². The van der Waals surface area contributed by atoms with Gasteiger partial charge in [-0.3, -0.25) is 0 Å². The third kappa shape index (κ3) is 1.37. The van der Waals surface area contributed by atoms with Crippen molar-refractivity contribution in [3.05, 3.63) is 60.3 Å². The van der Waals surface area contributed by atoms with Crippen LogP contribution >= 0.6 is 0 Å². The monoisotopic (exact) mass is 261 g/mol. The molecule has 0 saturated heterocycles. The van der Waals surface area contributed by atoms with E-state index in [9.17, 15) is 9.90 Å². The summed E-state index contributed by atoms with van der Waals surface area (Å²) in [5.74, 6) is -0.936. The fourth-order valence-electron chi connectivity index (χ4n) is 2.88. The van der Waals surface area contributed by atoms with Crippen molar-refractivity contribution in [2.75, 3.05) is 0 Å². The highest BCUT2D eigenvalue weighted by molar-refractivity contribution is 6.25. The second kappa shape index (κ2) is 3.84. The molecule has 0 aliphatic carbocycles. The Labute approximate surface area is 114 Å². The summed E-state index contributed by atoms with van der Waals surface area (Å²) < 4.78 is 0. The molecular formula is C17H11NO2. The molecule has 2 N–H and O–H groups in total. The van der Waals surface area contributed by atoms with Crippen molar-refractivity contribution in [3.8, 4) is 0 Å². The first-order valence-electron chi connectivity index (χ1n) is 6.41. The molecule has 1 aromatic heterocycles. The van der Waals surface area contributed by atoms with Crippen molar-refractivity contribution in [1.29, 1.82) is 0 Å². The van der Waals surface area contributed by atoms with Crippen LogP contribution in [0.4, 0.5) is 0 Å². The number of aromatic nitrogens is 1. The minimum atomic E-state index is -0.936. The van der Waals surface area contributed by atoms with Gasteiger partial charge in [-0.2, -0.15) is 0 Å². The van der Waals surface area contributed by atoms with Gasteiger partial charge in [0.1, 0.15) is 5.69 Å². The van der Waals surface area contributed by atoms with Gasteiger partial charge in [-0.05, 0) is 22.2 Å². The van der Waals surface area contributed by atoms with Crippen molar-refractivity contribution < 1.29 is 9.90 Å². The molecule has 4 aromatic rings. The molecule has 0 aliphatic heterocycles. The average Bonchev–Trinajstić information content (AvgIpc) is 2.93. The van der Waals surface area contributed by atoms with Crippen LogP contribution in [0.1, 0.15) is 10.5 Å². The molecule has 3 aromatic carbocycles. The Morgan fingerprint density at radius 2 is 1.30 bits per heavy atom. The van der Waals surface area contributed by atoms with Gasteiger partial charge < -0.3 is 10.1 Å². The zero-order chi connectivity index (χ0) is 13.7. The Kier molecular flexibility index (Phi) is 2.12. The number of benzene rings is 3. The van der Waals surface area contributed by atoms with E-state index in [4.69, 9.17) is 0 Å². The van der Waals surface area contributed by atoms with Crippen molar-refractivity contribution >= 4 is 38.4 Å². The third-order valence-corrected chi connectivity index (χ3v) is 3.75. The minimum absolute atomic E-state index is 0.224. The van der Waals surface area contributed by atoms with E-state index in [2.05, 4.69) is 17.1 Å². The molecule has 3 nitrogen and oxygen atoms in total. The lowest BCUT2D eigenvalue weighted by Crippen LogP contribution is -1.94. The highest BCUT2D eigenvalue weighted by Gasteiger charge is 2.13. The molecule has 0 unspecified atom stereocenters. The number of hydrogen-bond donors (Lipinski definition) is 2. The molecule has 1 heterocycles. The summed E-state index contributed by atoms with van der Waals surface area (Å²) in [5, 5.41) is 14.6. The summed E-state index contributed by atoms with van der Waals surface area (Å²) in [5.41, 5.74) is 1.11. The van der Waals surface area contributed by atoms with Gasteiger partial charge in [0.15, 0.2) is 0 Å². The Bertz CT molecular complexity index is 909. The number of carbonyl (C=O) groups is 1. The van der Waals surface area contributed by atoms with Crippen LogP contribution in [0.15, 0.2) is 54.6 Å². The summed E-state index contributed by atoms with van der Waals surface area (Å²) in [4.78, 5) is 14.2. The Morgan fingerprint density at radius 1 is 0.800 bits per heavy atom. The minimum Gasteiger partial charge on any atom is -0.477 e. The van der Waals surface area contributed by atoms with Crippen LogP contribution in [0.25, 0.3) is 32.4 Å². The number of hydrogen-bond acceptors (Lipinski definition) is 1. The summed E-state index contributed by atoms with van der Waals surface area (Å²) in [6.07, 6.45) is 0. The number of nitrogens with one attached hydrogen (secondary N) is 1. The SMILES string of the molecule is O=C(O)c1cc2c3ccccc3c3ccccc3c2[nH]1. The lowest BCUT2D eigenvalue weighted by atomic mass is 9.98. The molecule has 0 saturated carbocycles. The quantitative estimate of drug-likeness (QED) is 0.505. The predicted molar refractivity (Wildman–Crippen MR) is 80.3 cm³/mol.